The van der Waals surface area contributed by atoms with Crippen LogP contribution in [0.1, 0.15) is 23.6 Å². The Bertz CT molecular complexity index is 316. The number of rotatable bonds is 1. The highest BCUT2D eigenvalue weighted by atomic mass is 16.4. The first-order chi connectivity index (χ1) is 5.65. The molecule has 1 N–H and O–H groups in total. The Hall–Kier alpha value is -1.31. The van der Waals surface area contributed by atoms with Crippen LogP contribution in [0.5, 0.6) is 0 Å². The second-order valence-electron chi connectivity index (χ2n) is 3.00. The molecule has 12 heavy (non-hydrogen) atoms. The molecule has 0 amide bonds. The maximum atomic E-state index is 8.59. The van der Waals surface area contributed by atoms with Crippen LogP contribution in [0, 0.1) is 13.8 Å². The van der Waals surface area contributed by atoms with Crippen molar-refractivity contribution in [3.05, 3.63) is 34.9 Å². The molecule has 0 aliphatic heterocycles. The maximum Gasteiger partial charge on any atom is 0.0839 e. The molecule has 0 aliphatic rings. The molecule has 0 heterocycles. The van der Waals surface area contributed by atoms with Crippen LogP contribution in [-0.4, -0.2) is 10.9 Å². The van der Waals surface area contributed by atoms with Gasteiger partial charge in [-0.2, -0.15) is 0 Å². The second-order valence-corrected chi connectivity index (χ2v) is 3.00. The lowest BCUT2D eigenvalue weighted by Gasteiger charge is -2.04. The van der Waals surface area contributed by atoms with Crippen LogP contribution in [-0.2, 0) is 0 Å². The number of oxime groups is 1. The zero-order valence-electron chi connectivity index (χ0n) is 7.63. The Morgan fingerprint density at radius 2 is 2.00 bits per heavy atom. The summed E-state index contributed by atoms with van der Waals surface area (Å²) < 4.78 is 0. The van der Waals surface area contributed by atoms with E-state index in [-0.39, 0.29) is 0 Å². The van der Waals surface area contributed by atoms with Gasteiger partial charge in [0, 0.05) is 5.56 Å². The standard InChI is InChI=1S/C10H13NO/c1-7-4-5-8(2)10(6-7)9(3)11-12/h4-6,12H,1-3H3/b11-9-. The van der Waals surface area contributed by atoms with E-state index in [1.807, 2.05) is 32.0 Å². The minimum absolute atomic E-state index is 0.663. The lowest BCUT2D eigenvalue weighted by molar-refractivity contribution is 0.319. The van der Waals surface area contributed by atoms with Gasteiger partial charge in [-0.15, -0.1) is 0 Å². The first-order valence-corrected chi connectivity index (χ1v) is 3.91. The quantitative estimate of drug-likeness (QED) is 0.385. The summed E-state index contributed by atoms with van der Waals surface area (Å²) in [5.74, 6) is 0. The molecular weight excluding hydrogens is 150 g/mol. The van der Waals surface area contributed by atoms with E-state index >= 15 is 0 Å². The molecule has 0 saturated heterocycles. The third-order valence-corrected chi connectivity index (χ3v) is 1.93. The fraction of sp³-hybridized carbons (Fsp3) is 0.300. The second kappa shape index (κ2) is 3.39. The van der Waals surface area contributed by atoms with Gasteiger partial charge >= 0.3 is 0 Å². The average molecular weight is 163 g/mol. The number of hydrogen-bond acceptors (Lipinski definition) is 2. The molecule has 0 atom stereocenters. The van der Waals surface area contributed by atoms with Gasteiger partial charge in [0.25, 0.3) is 0 Å². The minimum Gasteiger partial charge on any atom is -0.411 e. The first-order valence-electron chi connectivity index (χ1n) is 3.91. The summed E-state index contributed by atoms with van der Waals surface area (Å²) in [6, 6.07) is 6.09. The minimum atomic E-state index is 0.663. The van der Waals surface area contributed by atoms with Crippen molar-refractivity contribution in [3.8, 4) is 0 Å². The molecule has 0 fully saturated rings. The maximum absolute atomic E-state index is 8.59. The average Bonchev–Trinajstić information content (AvgIpc) is 2.08. The molecule has 0 aromatic heterocycles. The van der Waals surface area contributed by atoms with Crippen LogP contribution in [0.2, 0.25) is 0 Å². The van der Waals surface area contributed by atoms with Crippen LogP contribution >= 0.6 is 0 Å². The summed E-state index contributed by atoms with van der Waals surface area (Å²) in [5.41, 5.74) is 3.99. The van der Waals surface area contributed by atoms with Crippen molar-refractivity contribution < 1.29 is 5.21 Å². The van der Waals surface area contributed by atoms with E-state index < -0.39 is 0 Å². The first kappa shape index (κ1) is 8.78. The summed E-state index contributed by atoms with van der Waals surface area (Å²) in [5, 5.41) is 11.8. The molecule has 0 unspecified atom stereocenters. The van der Waals surface area contributed by atoms with E-state index in [0.717, 1.165) is 11.1 Å². The van der Waals surface area contributed by atoms with Gasteiger partial charge in [0.1, 0.15) is 0 Å². The fourth-order valence-electron chi connectivity index (χ4n) is 1.18. The molecule has 1 aromatic carbocycles. The van der Waals surface area contributed by atoms with Gasteiger partial charge in [-0.3, -0.25) is 0 Å². The van der Waals surface area contributed by atoms with Gasteiger partial charge in [0.15, 0.2) is 0 Å². The third-order valence-electron chi connectivity index (χ3n) is 1.93. The Morgan fingerprint density at radius 1 is 1.33 bits per heavy atom. The summed E-state index contributed by atoms with van der Waals surface area (Å²) in [4.78, 5) is 0. The van der Waals surface area contributed by atoms with E-state index in [1.54, 1.807) is 6.92 Å². The van der Waals surface area contributed by atoms with Crippen molar-refractivity contribution in [2.24, 2.45) is 5.16 Å². The van der Waals surface area contributed by atoms with Gasteiger partial charge in [-0.25, -0.2) is 0 Å². The Balaban J connectivity index is 3.23. The summed E-state index contributed by atoms with van der Waals surface area (Å²) in [7, 11) is 0. The zero-order chi connectivity index (χ0) is 9.14. The van der Waals surface area contributed by atoms with E-state index in [0.29, 0.717) is 5.71 Å². The molecular formula is C10H13NO. The molecule has 0 spiro atoms. The smallest absolute Gasteiger partial charge is 0.0839 e. The predicted octanol–water partition coefficient (Wildman–Crippen LogP) is 2.50. The van der Waals surface area contributed by atoms with E-state index in [1.165, 1.54) is 5.56 Å². The molecule has 2 nitrogen and oxygen atoms in total. The van der Waals surface area contributed by atoms with E-state index in [4.69, 9.17) is 5.21 Å². The summed E-state index contributed by atoms with van der Waals surface area (Å²) in [6.45, 7) is 5.82. The van der Waals surface area contributed by atoms with Crippen molar-refractivity contribution in [2.75, 3.05) is 0 Å². The summed E-state index contributed by atoms with van der Waals surface area (Å²) in [6.07, 6.45) is 0. The third kappa shape index (κ3) is 1.64. The van der Waals surface area contributed by atoms with Gasteiger partial charge in [0.2, 0.25) is 0 Å². The Morgan fingerprint density at radius 3 is 2.58 bits per heavy atom. The predicted molar refractivity (Wildman–Crippen MR) is 49.9 cm³/mol. The molecule has 64 valence electrons. The van der Waals surface area contributed by atoms with Crippen LogP contribution in [0.4, 0.5) is 0 Å². The normalized spacial score (nSPS) is 11.8. The van der Waals surface area contributed by atoms with Crippen LogP contribution < -0.4 is 0 Å². The zero-order valence-corrected chi connectivity index (χ0v) is 7.63. The fourth-order valence-corrected chi connectivity index (χ4v) is 1.18. The molecule has 0 bridgehead atoms. The lowest BCUT2D eigenvalue weighted by Crippen LogP contribution is -1.98. The van der Waals surface area contributed by atoms with Crippen LogP contribution in [0.3, 0.4) is 0 Å². The monoisotopic (exact) mass is 163 g/mol. The van der Waals surface area contributed by atoms with Crippen molar-refractivity contribution in [1.29, 1.82) is 0 Å². The molecule has 0 aliphatic carbocycles. The molecule has 2 heteroatoms. The highest BCUT2D eigenvalue weighted by Crippen LogP contribution is 2.11. The van der Waals surface area contributed by atoms with E-state index in [9.17, 15) is 0 Å². The number of nitrogens with zero attached hydrogens (tertiary/aromatic N) is 1. The van der Waals surface area contributed by atoms with Crippen molar-refractivity contribution in [2.45, 2.75) is 20.8 Å². The highest BCUT2D eigenvalue weighted by molar-refractivity contribution is 5.99. The Labute approximate surface area is 72.5 Å². The molecule has 1 aromatic rings. The largest absolute Gasteiger partial charge is 0.411 e. The van der Waals surface area contributed by atoms with Crippen LogP contribution in [0.25, 0.3) is 0 Å². The van der Waals surface area contributed by atoms with E-state index in [2.05, 4.69) is 5.16 Å². The molecule has 1 rings (SSSR count). The lowest BCUT2D eigenvalue weighted by atomic mass is 10.0. The number of hydrogen-bond donors (Lipinski definition) is 1. The topological polar surface area (TPSA) is 32.6 Å². The number of benzene rings is 1. The molecule has 0 radical (unpaired) electrons. The Kier molecular flexibility index (Phi) is 2.48. The highest BCUT2D eigenvalue weighted by Gasteiger charge is 2.01. The number of aryl methyl sites for hydroxylation is 2. The van der Waals surface area contributed by atoms with Crippen molar-refractivity contribution in [1.82, 2.24) is 0 Å². The molecule has 0 saturated carbocycles. The van der Waals surface area contributed by atoms with Gasteiger partial charge in [0.05, 0.1) is 5.71 Å². The summed E-state index contributed by atoms with van der Waals surface area (Å²) >= 11 is 0. The van der Waals surface area contributed by atoms with Gasteiger partial charge in [-0.05, 0) is 32.4 Å². The van der Waals surface area contributed by atoms with Gasteiger partial charge < -0.3 is 5.21 Å². The van der Waals surface area contributed by atoms with Gasteiger partial charge in [-0.1, -0.05) is 22.9 Å². The van der Waals surface area contributed by atoms with Crippen LogP contribution in [0.15, 0.2) is 23.4 Å². The van der Waals surface area contributed by atoms with Crippen molar-refractivity contribution in [3.63, 3.8) is 0 Å². The van der Waals surface area contributed by atoms with Crippen molar-refractivity contribution >= 4 is 5.71 Å². The SMILES string of the molecule is C/C(=N/O)c1cc(C)ccc1C.